The van der Waals surface area contributed by atoms with Gasteiger partial charge in [-0.05, 0) is 6.92 Å². The van der Waals surface area contributed by atoms with Crippen LogP contribution in [0.3, 0.4) is 0 Å². The minimum atomic E-state index is -4.95. The van der Waals surface area contributed by atoms with Crippen LogP contribution < -0.4 is 0 Å². The van der Waals surface area contributed by atoms with Crippen molar-refractivity contribution in [3.63, 3.8) is 0 Å². The minimum absolute atomic E-state index is 0.585. The van der Waals surface area contributed by atoms with Gasteiger partial charge in [0.05, 0.1) is 6.61 Å². The highest BCUT2D eigenvalue weighted by atomic mass is 32.2. The van der Waals surface area contributed by atoms with Crippen LogP contribution >= 0.6 is 0 Å². The zero-order valence-corrected chi connectivity index (χ0v) is 9.95. The molecule has 0 saturated carbocycles. The van der Waals surface area contributed by atoms with E-state index in [1.807, 2.05) is 0 Å². The molecule has 0 aliphatic carbocycles. The van der Waals surface area contributed by atoms with Gasteiger partial charge in [0.15, 0.2) is 28.2 Å². The monoisotopic (exact) mass is 284 g/mol. The molecule has 1 rings (SSSR count). The summed E-state index contributed by atoms with van der Waals surface area (Å²) in [6.07, 6.45) is 0.994. The Bertz CT molecular complexity index is 567. The molecule has 0 aromatic heterocycles. The van der Waals surface area contributed by atoms with Gasteiger partial charge >= 0.3 is 10.1 Å². The summed E-state index contributed by atoms with van der Waals surface area (Å²) >= 11 is 0. The highest BCUT2D eigenvalue weighted by molar-refractivity contribution is 7.86. The van der Waals surface area contributed by atoms with E-state index in [9.17, 15) is 26.0 Å². The van der Waals surface area contributed by atoms with E-state index in [1.54, 1.807) is 0 Å². The molecule has 3 nitrogen and oxygen atoms in total. The predicted octanol–water partition coefficient (Wildman–Crippen LogP) is 2.44. The molecule has 0 saturated heterocycles. The maximum Gasteiger partial charge on any atom is 0.303 e. The molecule has 0 aliphatic heterocycles. The number of halogens is 4. The molecule has 0 heterocycles. The van der Waals surface area contributed by atoms with Crippen LogP contribution in [0.2, 0.25) is 0 Å². The number of hydrogen-bond donors (Lipinski definition) is 0. The Labute approximate surface area is 101 Å². The smallest absolute Gasteiger partial charge is 0.262 e. The Balaban J connectivity index is 3.56. The van der Waals surface area contributed by atoms with Gasteiger partial charge in [0.25, 0.3) is 0 Å². The average molecular weight is 284 g/mol. The van der Waals surface area contributed by atoms with Crippen molar-refractivity contribution in [3.8, 4) is 0 Å². The number of rotatable bonds is 4. The molecule has 0 bridgehead atoms. The second kappa shape index (κ2) is 5.07. The average Bonchev–Trinajstić information content (AvgIpc) is 2.31. The molecule has 8 heteroatoms. The Morgan fingerprint density at radius 3 is 1.94 bits per heavy atom. The molecule has 0 fully saturated rings. The first-order valence-electron chi connectivity index (χ1n) is 4.57. The molecule has 0 spiro atoms. The summed E-state index contributed by atoms with van der Waals surface area (Å²) in [5.41, 5.74) is -0.951. The molecule has 0 unspecified atom stereocenters. The molecule has 18 heavy (non-hydrogen) atoms. The highest BCUT2D eigenvalue weighted by Crippen LogP contribution is 2.28. The quantitative estimate of drug-likeness (QED) is 0.369. The van der Waals surface area contributed by atoms with Crippen molar-refractivity contribution in [3.05, 3.63) is 41.5 Å². The SMILES string of the molecule is C=CCOS(=O)(=O)c1c(F)c(F)c(C)c(F)c1F. The second-order valence-electron chi connectivity index (χ2n) is 3.24. The van der Waals surface area contributed by atoms with Gasteiger partial charge in [0.1, 0.15) is 0 Å². The minimum Gasteiger partial charge on any atom is -0.262 e. The fourth-order valence-electron chi connectivity index (χ4n) is 1.14. The lowest BCUT2D eigenvalue weighted by molar-refractivity contribution is 0.341. The molecular formula is C10H8F4O3S. The standard InChI is InChI=1S/C10H8F4O3S/c1-3-4-17-18(15,16)10-8(13)6(11)5(2)7(12)9(10)14/h3H,1,4H2,2H3. The summed E-state index contributed by atoms with van der Waals surface area (Å²) in [6.45, 7) is 3.32. The summed E-state index contributed by atoms with van der Waals surface area (Å²) in [4.78, 5) is -1.79. The van der Waals surface area contributed by atoms with Crippen molar-refractivity contribution in [1.82, 2.24) is 0 Å². The van der Waals surface area contributed by atoms with E-state index in [1.165, 1.54) is 0 Å². The lowest BCUT2D eigenvalue weighted by Gasteiger charge is -2.09. The largest absolute Gasteiger partial charge is 0.303 e. The highest BCUT2D eigenvalue weighted by Gasteiger charge is 2.32. The molecule has 1 aromatic rings. The third kappa shape index (κ3) is 2.39. The van der Waals surface area contributed by atoms with Gasteiger partial charge in [-0.3, -0.25) is 4.18 Å². The summed E-state index contributed by atoms with van der Waals surface area (Å²) < 4.78 is 79.9. The van der Waals surface area contributed by atoms with E-state index in [0.29, 0.717) is 0 Å². The summed E-state index contributed by atoms with van der Waals surface area (Å²) in [7, 11) is -4.95. The van der Waals surface area contributed by atoms with Gasteiger partial charge in [-0.2, -0.15) is 8.42 Å². The van der Waals surface area contributed by atoms with E-state index >= 15 is 0 Å². The van der Waals surface area contributed by atoms with Crippen molar-refractivity contribution in [1.29, 1.82) is 0 Å². The molecule has 1 aromatic carbocycles. The third-order valence-electron chi connectivity index (χ3n) is 2.03. The Morgan fingerprint density at radius 1 is 1.11 bits per heavy atom. The van der Waals surface area contributed by atoms with Crippen LogP contribution in [0.4, 0.5) is 17.6 Å². The summed E-state index contributed by atoms with van der Waals surface area (Å²) in [5.74, 6) is -7.60. The van der Waals surface area contributed by atoms with Gasteiger partial charge in [-0.1, -0.05) is 6.08 Å². The molecule has 0 aliphatic rings. The summed E-state index contributed by atoms with van der Waals surface area (Å²) in [5, 5.41) is 0. The normalized spacial score (nSPS) is 11.6. The van der Waals surface area contributed by atoms with Crippen molar-refractivity contribution in [2.75, 3.05) is 6.61 Å². The van der Waals surface area contributed by atoms with Crippen molar-refractivity contribution in [2.24, 2.45) is 0 Å². The number of benzene rings is 1. The van der Waals surface area contributed by atoms with Crippen LogP contribution in [0.5, 0.6) is 0 Å². The topological polar surface area (TPSA) is 43.4 Å². The first-order valence-corrected chi connectivity index (χ1v) is 5.97. The Kier molecular flexibility index (Phi) is 4.12. The lowest BCUT2D eigenvalue weighted by atomic mass is 10.2. The molecule has 0 radical (unpaired) electrons. The van der Waals surface area contributed by atoms with Crippen LogP contribution in [0.15, 0.2) is 17.6 Å². The van der Waals surface area contributed by atoms with E-state index in [-0.39, 0.29) is 0 Å². The third-order valence-corrected chi connectivity index (χ3v) is 3.34. The maximum absolute atomic E-state index is 13.4. The summed E-state index contributed by atoms with van der Waals surface area (Å²) in [6, 6.07) is 0. The zero-order chi connectivity index (χ0) is 14.1. The van der Waals surface area contributed by atoms with Crippen molar-refractivity contribution in [2.45, 2.75) is 11.8 Å². The van der Waals surface area contributed by atoms with Gasteiger partial charge in [-0.15, -0.1) is 6.58 Å². The Hall–Kier alpha value is -1.41. The van der Waals surface area contributed by atoms with Crippen LogP contribution in [0.1, 0.15) is 5.56 Å². The lowest BCUT2D eigenvalue weighted by Crippen LogP contribution is -2.15. The predicted molar refractivity (Wildman–Crippen MR) is 54.3 cm³/mol. The first kappa shape index (κ1) is 14.7. The van der Waals surface area contributed by atoms with Crippen LogP contribution in [0, 0.1) is 30.2 Å². The van der Waals surface area contributed by atoms with E-state index in [2.05, 4.69) is 10.8 Å². The van der Waals surface area contributed by atoms with E-state index < -0.39 is 50.5 Å². The van der Waals surface area contributed by atoms with Crippen LogP contribution in [-0.4, -0.2) is 15.0 Å². The van der Waals surface area contributed by atoms with Gasteiger partial charge in [-0.25, -0.2) is 17.6 Å². The first-order chi connectivity index (χ1) is 8.24. The molecule has 0 amide bonds. The fraction of sp³-hybridized carbons (Fsp3) is 0.200. The maximum atomic E-state index is 13.4. The fourth-order valence-corrected chi connectivity index (χ4v) is 2.15. The van der Waals surface area contributed by atoms with Gasteiger partial charge < -0.3 is 0 Å². The Morgan fingerprint density at radius 2 is 1.56 bits per heavy atom. The molecule has 0 atom stereocenters. The number of hydrogen-bond acceptors (Lipinski definition) is 3. The van der Waals surface area contributed by atoms with Crippen LogP contribution in [0.25, 0.3) is 0 Å². The van der Waals surface area contributed by atoms with Gasteiger partial charge in [0.2, 0.25) is 0 Å². The van der Waals surface area contributed by atoms with Crippen molar-refractivity contribution < 1.29 is 30.2 Å². The molecule has 100 valence electrons. The van der Waals surface area contributed by atoms with E-state index in [4.69, 9.17) is 0 Å². The zero-order valence-electron chi connectivity index (χ0n) is 9.14. The van der Waals surface area contributed by atoms with E-state index in [0.717, 1.165) is 13.0 Å². The van der Waals surface area contributed by atoms with Crippen LogP contribution in [-0.2, 0) is 14.3 Å². The molecule has 0 N–H and O–H groups in total. The molecular weight excluding hydrogens is 276 g/mol. The van der Waals surface area contributed by atoms with Gasteiger partial charge in [0, 0.05) is 5.56 Å². The van der Waals surface area contributed by atoms with Crippen molar-refractivity contribution >= 4 is 10.1 Å². The second-order valence-corrected chi connectivity index (χ2v) is 4.79.